The molecule has 0 aromatic carbocycles. The van der Waals surface area contributed by atoms with Crippen LogP contribution in [-0.4, -0.2) is 14.3 Å². The van der Waals surface area contributed by atoms with Gasteiger partial charge in [-0.05, 0) is 0 Å². The first kappa shape index (κ1) is 12.6. The molecule has 0 N–H and O–H groups in total. The van der Waals surface area contributed by atoms with Gasteiger partial charge >= 0.3 is 0 Å². The maximum Gasteiger partial charge on any atom is 0.292 e. The van der Waals surface area contributed by atoms with E-state index in [2.05, 4.69) is 78.8 Å². The Morgan fingerprint density at radius 3 is 1.20 bits per heavy atom. The Bertz CT molecular complexity index is 77.0. The molecule has 0 aliphatic carbocycles. The standard InChI is InChI=1S/C2H4B3Br5/c6-3(1-4(7)8)2-5(9)10/h1-2H2. The van der Waals surface area contributed by atoms with E-state index in [1.807, 2.05) is 0 Å². The van der Waals surface area contributed by atoms with Gasteiger partial charge in [0.25, 0.3) is 8.72 Å². The predicted octanol–water partition coefficient (Wildman–Crippen LogP) is 4.01. The van der Waals surface area contributed by atoms with E-state index >= 15 is 0 Å². The quantitative estimate of drug-likeness (QED) is 0.557. The Morgan fingerprint density at radius 1 is 0.700 bits per heavy atom. The van der Waals surface area contributed by atoms with Crippen molar-refractivity contribution in [3.05, 3.63) is 0 Å². The summed E-state index contributed by atoms with van der Waals surface area (Å²) in [5.74, 6) is 0. The third kappa shape index (κ3) is 8.69. The van der Waals surface area contributed by atoms with E-state index in [1.54, 1.807) is 0 Å². The highest BCUT2D eigenvalue weighted by Crippen LogP contribution is 2.21. The molecule has 0 saturated heterocycles. The van der Waals surface area contributed by atoms with Crippen molar-refractivity contribution in [1.82, 2.24) is 0 Å². The number of halogens is 5. The number of hydrogen-bond donors (Lipinski definition) is 0. The first-order chi connectivity index (χ1) is 4.52. The van der Waals surface area contributed by atoms with Gasteiger partial charge in [-0.25, -0.2) is 0 Å². The highest BCUT2D eigenvalue weighted by Gasteiger charge is 2.19. The molecule has 0 aromatic heterocycles. The molecule has 56 valence electrons. The summed E-state index contributed by atoms with van der Waals surface area (Å²) in [6.45, 7) is 0. The van der Waals surface area contributed by atoms with Crippen LogP contribution >= 0.6 is 78.8 Å². The number of hydrogen-bond acceptors (Lipinski definition) is 0. The minimum Gasteiger partial charge on any atom is -0.158 e. The Hall–Kier alpha value is 2.59. The third-order valence-corrected chi connectivity index (χ3v) is 3.11. The van der Waals surface area contributed by atoms with Gasteiger partial charge in [-0.2, -0.15) is 15.8 Å². The van der Waals surface area contributed by atoms with Crippen LogP contribution < -0.4 is 0 Å². The molecule has 10 heavy (non-hydrogen) atoms. The summed E-state index contributed by atoms with van der Waals surface area (Å²) in [4.78, 5) is 0. The summed E-state index contributed by atoms with van der Waals surface area (Å²) in [6.07, 6.45) is 2.15. The first-order valence-electron chi connectivity index (χ1n) is 2.72. The lowest BCUT2D eigenvalue weighted by Gasteiger charge is -2.03. The van der Waals surface area contributed by atoms with Crippen molar-refractivity contribution in [3.63, 3.8) is 0 Å². The lowest BCUT2D eigenvalue weighted by Crippen LogP contribution is -2.13. The van der Waals surface area contributed by atoms with Crippen LogP contribution in [0.3, 0.4) is 0 Å². The molecular weight excluding hydrogens is 456 g/mol. The lowest BCUT2D eigenvalue weighted by molar-refractivity contribution is 1.88. The van der Waals surface area contributed by atoms with Crippen LogP contribution in [0.15, 0.2) is 0 Å². The van der Waals surface area contributed by atoms with Gasteiger partial charge in [-0.15, -0.1) is 63.0 Å². The number of rotatable bonds is 4. The van der Waals surface area contributed by atoms with Gasteiger partial charge in [0.2, 0.25) is 5.54 Å². The van der Waals surface area contributed by atoms with E-state index in [-0.39, 0.29) is 0 Å². The second kappa shape index (κ2) is 7.04. The Labute approximate surface area is 104 Å². The van der Waals surface area contributed by atoms with Crippen molar-refractivity contribution in [2.75, 3.05) is 0 Å². The fourth-order valence-electron chi connectivity index (χ4n) is 0.483. The van der Waals surface area contributed by atoms with Crippen LogP contribution in [0.1, 0.15) is 0 Å². The predicted molar refractivity (Wildman–Crippen MR) is 71.5 cm³/mol. The summed E-state index contributed by atoms with van der Waals surface area (Å²) < 4.78 is 0.811. The van der Waals surface area contributed by atoms with Crippen molar-refractivity contribution < 1.29 is 0 Å². The summed E-state index contributed by atoms with van der Waals surface area (Å²) >= 11 is 17.2. The zero-order valence-corrected chi connectivity index (χ0v) is 13.0. The average Bonchev–Trinajstić information content (AvgIpc) is 1.58. The highest BCUT2D eigenvalue weighted by atomic mass is 79.9. The van der Waals surface area contributed by atoms with Gasteiger partial charge in [0.15, 0.2) is 0 Å². The molecule has 0 amide bonds. The van der Waals surface area contributed by atoms with Gasteiger partial charge in [0.1, 0.15) is 0 Å². The van der Waals surface area contributed by atoms with Crippen LogP contribution in [0, 0.1) is 0 Å². The van der Waals surface area contributed by atoms with Gasteiger partial charge < -0.3 is 0 Å². The molecule has 0 atom stereocenters. The smallest absolute Gasteiger partial charge is 0.158 e. The van der Waals surface area contributed by atoms with E-state index in [0.717, 1.165) is 12.4 Å². The zero-order valence-electron chi connectivity index (χ0n) is 5.04. The van der Waals surface area contributed by atoms with Crippen molar-refractivity contribution in [3.8, 4) is 0 Å². The fraction of sp³-hybridized carbons (Fsp3) is 1.00. The molecule has 0 fully saturated rings. The highest BCUT2D eigenvalue weighted by molar-refractivity contribution is 9.49. The minimum absolute atomic E-state index is 0.406. The van der Waals surface area contributed by atoms with E-state index in [4.69, 9.17) is 0 Å². The Morgan fingerprint density at radius 2 is 1.00 bits per heavy atom. The van der Waals surface area contributed by atoms with E-state index in [0.29, 0.717) is 14.3 Å². The fourth-order valence-corrected chi connectivity index (χ4v) is 5.04. The first-order valence-corrected chi connectivity index (χ1v) is 7.30. The van der Waals surface area contributed by atoms with Crippen LogP contribution in [-0.2, 0) is 0 Å². The SMILES string of the molecule is BrB(Br)CB(Br)CB(Br)Br. The molecule has 0 aliphatic heterocycles. The topological polar surface area (TPSA) is 0 Å². The molecular formula is C2H4B3Br5. The van der Waals surface area contributed by atoms with Gasteiger partial charge in [-0.1, -0.05) is 12.4 Å². The second-order valence-electron chi connectivity index (χ2n) is 1.85. The van der Waals surface area contributed by atoms with E-state index in [1.165, 1.54) is 0 Å². The Kier molecular flexibility index (Phi) is 8.87. The molecule has 0 unspecified atom stereocenters. The lowest BCUT2D eigenvalue weighted by atomic mass is 9.57. The van der Waals surface area contributed by atoms with Crippen LogP contribution in [0.4, 0.5) is 0 Å². The second-order valence-corrected chi connectivity index (χ2v) is 10.0. The molecule has 0 heterocycles. The largest absolute Gasteiger partial charge is 0.292 e. The van der Waals surface area contributed by atoms with E-state index in [9.17, 15) is 0 Å². The van der Waals surface area contributed by atoms with Crippen LogP contribution in [0.25, 0.3) is 0 Å². The molecule has 0 aliphatic rings. The van der Waals surface area contributed by atoms with Crippen molar-refractivity contribution in [2.24, 2.45) is 0 Å². The third-order valence-electron chi connectivity index (χ3n) is 0.868. The summed E-state index contributed by atoms with van der Waals surface area (Å²) in [7, 11) is 0. The maximum atomic E-state index is 3.56. The molecule has 0 nitrogen and oxygen atoms in total. The molecule has 0 spiro atoms. The molecule has 0 bridgehead atoms. The molecule has 0 rings (SSSR count). The molecule has 0 saturated carbocycles. The van der Waals surface area contributed by atoms with Crippen molar-refractivity contribution >= 4 is 93.0 Å². The minimum atomic E-state index is 0.406. The zero-order chi connectivity index (χ0) is 8.15. The monoisotopic (exact) mass is 456 g/mol. The van der Waals surface area contributed by atoms with Crippen LogP contribution in [0.5, 0.6) is 0 Å². The van der Waals surface area contributed by atoms with Crippen molar-refractivity contribution in [1.29, 1.82) is 0 Å². The summed E-state index contributed by atoms with van der Waals surface area (Å²) in [5, 5.41) is 0. The van der Waals surface area contributed by atoms with Gasteiger partial charge in [0.05, 0.1) is 0 Å². The molecule has 0 radical (unpaired) electrons. The summed E-state index contributed by atoms with van der Waals surface area (Å²) in [5.41, 5.74) is 0.542. The Balaban J connectivity index is 3.34. The molecule has 0 aromatic rings. The maximum absolute atomic E-state index is 3.56. The van der Waals surface area contributed by atoms with Gasteiger partial charge in [-0.3, -0.25) is 0 Å². The normalized spacial score (nSPS) is 9.30. The average molecular weight is 460 g/mol. The summed E-state index contributed by atoms with van der Waals surface area (Å²) in [6, 6.07) is 0. The van der Waals surface area contributed by atoms with Crippen molar-refractivity contribution in [2.45, 2.75) is 12.4 Å². The van der Waals surface area contributed by atoms with E-state index < -0.39 is 0 Å². The van der Waals surface area contributed by atoms with Crippen LogP contribution in [0.2, 0.25) is 12.4 Å². The van der Waals surface area contributed by atoms with Gasteiger partial charge in [0, 0.05) is 0 Å². The molecule has 8 heteroatoms.